The molecule has 0 spiro atoms. The van der Waals surface area contributed by atoms with Crippen molar-refractivity contribution in [2.24, 2.45) is 0 Å². The van der Waals surface area contributed by atoms with Gasteiger partial charge in [-0.25, -0.2) is 4.98 Å². The van der Waals surface area contributed by atoms with Gasteiger partial charge in [-0.05, 0) is 26.9 Å². The van der Waals surface area contributed by atoms with E-state index in [1.807, 2.05) is 36.0 Å². The van der Waals surface area contributed by atoms with Gasteiger partial charge in [0, 0.05) is 17.8 Å². The first kappa shape index (κ1) is 14.2. The molecule has 0 saturated heterocycles. The number of carbonyl (C=O) groups is 1. The van der Waals surface area contributed by atoms with Crippen LogP contribution in [0.3, 0.4) is 0 Å². The second kappa shape index (κ2) is 5.43. The molecule has 5 heteroatoms. The Morgan fingerprint density at radius 1 is 1.42 bits per heavy atom. The molecule has 0 saturated carbocycles. The lowest BCUT2D eigenvalue weighted by molar-refractivity contribution is -0.128. The van der Waals surface area contributed by atoms with Gasteiger partial charge in [-0.15, -0.1) is 11.3 Å². The van der Waals surface area contributed by atoms with Gasteiger partial charge in [-0.2, -0.15) is 0 Å². The summed E-state index contributed by atoms with van der Waals surface area (Å²) < 4.78 is 1.97. The molecule has 0 N–H and O–H groups in total. The van der Waals surface area contributed by atoms with Crippen LogP contribution in [0.15, 0.2) is 17.8 Å². The van der Waals surface area contributed by atoms with Crippen LogP contribution >= 0.6 is 11.3 Å². The lowest BCUT2D eigenvalue weighted by Crippen LogP contribution is -2.50. The zero-order valence-electron chi connectivity index (χ0n) is 12.0. The first-order valence-corrected chi connectivity index (χ1v) is 7.56. The van der Waals surface area contributed by atoms with Crippen LogP contribution in [0.25, 0.3) is 4.96 Å². The van der Waals surface area contributed by atoms with Crippen LogP contribution in [0, 0.1) is 0 Å². The quantitative estimate of drug-likeness (QED) is 0.816. The number of carbonyl (C=O) groups excluding carboxylic acids is 1. The fraction of sp³-hybridized carbons (Fsp3) is 0.571. The van der Waals surface area contributed by atoms with E-state index >= 15 is 0 Å². The fourth-order valence-electron chi connectivity index (χ4n) is 2.43. The maximum atomic E-state index is 12.5. The Labute approximate surface area is 118 Å². The summed E-state index contributed by atoms with van der Waals surface area (Å²) in [5.41, 5.74) is 0.428. The maximum absolute atomic E-state index is 12.5. The summed E-state index contributed by atoms with van der Waals surface area (Å²) in [6.07, 6.45) is 4.32. The highest BCUT2D eigenvalue weighted by atomic mass is 32.1. The van der Waals surface area contributed by atoms with E-state index in [1.165, 1.54) is 0 Å². The van der Waals surface area contributed by atoms with Gasteiger partial charge >= 0.3 is 0 Å². The van der Waals surface area contributed by atoms with Crippen LogP contribution in [0.2, 0.25) is 0 Å². The van der Waals surface area contributed by atoms with E-state index < -0.39 is 5.54 Å². The highest BCUT2D eigenvalue weighted by Gasteiger charge is 2.32. The molecule has 0 amide bonds. The molecule has 2 rings (SSSR count). The number of ketones is 1. The number of aromatic nitrogens is 2. The van der Waals surface area contributed by atoms with Crippen LogP contribution in [0.1, 0.15) is 33.4 Å². The number of imidazole rings is 1. The monoisotopic (exact) mass is 279 g/mol. The Morgan fingerprint density at radius 3 is 2.68 bits per heavy atom. The molecule has 0 atom stereocenters. The van der Waals surface area contributed by atoms with Crippen molar-refractivity contribution in [1.82, 2.24) is 14.3 Å². The summed E-state index contributed by atoms with van der Waals surface area (Å²) in [6, 6.07) is 0. The molecule has 19 heavy (non-hydrogen) atoms. The Balaban J connectivity index is 2.13. The van der Waals surface area contributed by atoms with Crippen molar-refractivity contribution in [3.63, 3.8) is 0 Å². The molecule has 2 aromatic heterocycles. The van der Waals surface area contributed by atoms with Crippen molar-refractivity contribution in [1.29, 1.82) is 0 Å². The van der Waals surface area contributed by atoms with Gasteiger partial charge in [0.1, 0.15) is 0 Å². The average molecular weight is 279 g/mol. The highest BCUT2D eigenvalue weighted by molar-refractivity contribution is 7.15. The molecule has 4 nitrogen and oxygen atoms in total. The fourth-order valence-corrected chi connectivity index (χ4v) is 3.15. The molecule has 0 unspecified atom stereocenters. The largest absolute Gasteiger partial charge is 0.297 e. The standard InChI is InChI=1S/C14H21N3OS/c1-5-17(6-2)14(3,4)12(18)9-11-10-16-7-8-19-13(16)15-11/h7-8,10H,5-6,9H2,1-4H3. The van der Waals surface area contributed by atoms with Gasteiger partial charge in [-0.1, -0.05) is 13.8 Å². The van der Waals surface area contributed by atoms with Crippen LogP contribution in [-0.4, -0.2) is 38.7 Å². The SMILES string of the molecule is CCN(CC)C(C)(C)C(=O)Cc1cn2ccsc2n1. The number of likely N-dealkylation sites (N-methyl/N-ethyl adjacent to an activating group) is 1. The third kappa shape index (κ3) is 2.72. The Morgan fingerprint density at radius 2 is 2.11 bits per heavy atom. The minimum atomic E-state index is -0.430. The summed E-state index contributed by atoms with van der Waals surface area (Å²) in [5, 5.41) is 1.99. The predicted octanol–water partition coefficient (Wildman–Crippen LogP) is 2.63. The van der Waals surface area contributed by atoms with Crippen molar-refractivity contribution in [2.45, 2.75) is 39.7 Å². The lowest BCUT2D eigenvalue weighted by atomic mass is 9.93. The minimum Gasteiger partial charge on any atom is -0.297 e. The number of nitrogens with zero attached hydrogens (tertiary/aromatic N) is 3. The zero-order valence-corrected chi connectivity index (χ0v) is 12.8. The van der Waals surface area contributed by atoms with Crippen LogP contribution in [0.5, 0.6) is 0 Å². The summed E-state index contributed by atoms with van der Waals surface area (Å²) in [7, 11) is 0. The van der Waals surface area contributed by atoms with Gasteiger partial charge < -0.3 is 0 Å². The number of fused-ring (bicyclic) bond motifs is 1. The first-order valence-electron chi connectivity index (χ1n) is 6.68. The lowest BCUT2D eigenvalue weighted by Gasteiger charge is -2.35. The van der Waals surface area contributed by atoms with Gasteiger partial charge in [0.25, 0.3) is 0 Å². The molecule has 2 aromatic rings. The van der Waals surface area contributed by atoms with E-state index in [1.54, 1.807) is 11.3 Å². The minimum absolute atomic E-state index is 0.224. The molecule has 0 bridgehead atoms. The van der Waals surface area contributed by atoms with Crippen molar-refractivity contribution in [2.75, 3.05) is 13.1 Å². The van der Waals surface area contributed by atoms with Crippen molar-refractivity contribution in [3.05, 3.63) is 23.5 Å². The van der Waals surface area contributed by atoms with Gasteiger partial charge in [0.15, 0.2) is 10.7 Å². The molecule has 2 heterocycles. The molecule has 0 aromatic carbocycles. The number of rotatable bonds is 6. The molecule has 0 radical (unpaired) electrons. The molecular formula is C14H21N3OS. The van der Waals surface area contributed by atoms with Gasteiger partial charge in [0.05, 0.1) is 17.7 Å². The summed E-state index contributed by atoms with van der Waals surface area (Å²) in [4.78, 5) is 20.1. The van der Waals surface area contributed by atoms with Crippen molar-refractivity contribution >= 4 is 22.1 Å². The summed E-state index contributed by atoms with van der Waals surface area (Å²) >= 11 is 1.59. The molecule has 0 aliphatic rings. The molecule has 0 fully saturated rings. The summed E-state index contributed by atoms with van der Waals surface area (Å²) in [5.74, 6) is 0.224. The molecule has 0 aliphatic carbocycles. The van der Waals surface area contributed by atoms with E-state index in [0.29, 0.717) is 6.42 Å². The van der Waals surface area contributed by atoms with Crippen LogP contribution < -0.4 is 0 Å². The molecule has 104 valence electrons. The van der Waals surface area contributed by atoms with E-state index in [2.05, 4.69) is 23.7 Å². The number of hydrogen-bond acceptors (Lipinski definition) is 4. The van der Waals surface area contributed by atoms with Gasteiger partial charge in [0.2, 0.25) is 0 Å². The average Bonchev–Trinajstić information content (AvgIpc) is 2.90. The third-order valence-corrected chi connectivity index (χ3v) is 4.49. The molecule has 0 aliphatic heterocycles. The number of hydrogen-bond donors (Lipinski definition) is 0. The van der Waals surface area contributed by atoms with Crippen LogP contribution in [-0.2, 0) is 11.2 Å². The summed E-state index contributed by atoms with van der Waals surface area (Å²) in [6.45, 7) is 9.94. The first-order chi connectivity index (χ1) is 8.98. The van der Waals surface area contributed by atoms with Crippen LogP contribution in [0.4, 0.5) is 0 Å². The van der Waals surface area contributed by atoms with E-state index in [0.717, 1.165) is 23.7 Å². The van der Waals surface area contributed by atoms with E-state index in [-0.39, 0.29) is 5.78 Å². The maximum Gasteiger partial charge on any atom is 0.193 e. The molecular weight excluding hydrogens is 258 g/mol. The smallest absolute Gasteiger partial charge is 0.193 e. The van der Waals surface area contributed by atoms with E-state index in [4.69, 9.17) is 0 Å². The Hall–Kier alpha value is -1.20. The van der Waals surface area contributed by atoms with Crippen molar-refractivity contribution in [3.8, 4) is 0 Å². The normalized spacial score (nSPS) is 12.5. The second-order valence-electron chi connectivity index (χ2n) is 5.16. The Kier molecular flexibility index (Phi) is 4.06. The topological polar surface area (TPSA) is 37.6 Å². The third-order valence-electron chi connectivity index (χ3n) is 3.72. The van der Waals surface area contributed by atoms with E-state index in [9.17, 15) is 4.79 Å². The Bertz CT molecular complexity index is 538. The number of Topliss-reactive ketones (excluding diaryl/α,β-unsaturated/α-hetero) is 1. The highest BCUT2D eigenvalue weighted by Crippen LogP contribution is 2.19. The van der Waals surface area contributed by atoms with Crippen molar-refractivity contribution < 1.29 is 4.79 Å². The van der Waals surface area contributed by atoms with Gasteiger partial charge in [-0.3, -0.25) is 14.1 Å². The number of thiazole rings is 1. The second-order valence-corrected chi connectivity index (χ2v) is 6.03. The predicted molar refractivity (Wildman–Crippen MR) is 78.8 cm³/mol. The zero-order chi connectivity index (χ0) is 14.0.